The number of carbonyl (C=O) groups is 1. The molecule has 1 N–H and O–H groups in total. The first-order chi connectivity index (χ1) is 12.1. The predicted molar refractivity (Wildman–Crippen MR) is 89.0 cm³/mol. The minimum absolute atomic E-state index is 0.150. The number of carbonyl (C=O) groups excluding carboxylic acids is 1. The highest BCUT2D eigenvalue weighted by molar-refractivity contribution is 5.71. The molecule has 2 aromatic rings. The summed E-state index contributed by atoms with van der Waals surface area (Å²) in [6.45, 7) is 7.56. The van der Waals surface area contributed by atoms with Crippen molar-refractivity contribution in [1.29, 1.82) is 0 Å². The van der Waals surface area contributed by atoms with Crippen LogP contribution in [0.1, 0.15) is 45.0 Å². The summed E-state index contributed by atoms with van der Waals surface area (Å²) < 4.78 is 45.7. The number of rotatable bonds is 1. The van der Waals surface area contributed by atoms with E-state index < -0.39 is 29.1 Å². The molecule has 0 spiro atoms. The number of halogens is 3. The molecule has 5 nitrogen and oxygen atoms in total. The van der Waals surface area contributed by atoms with Crippen molar-refractivity contribution in [2.45, 2.75) is 45.8 Å². The molecule has 1 atom stereocenters. The fourth-order valence-electron chi connectivity index (χ4n) is 3.06. The summed E-state index contributed by atoms with van der Waals surface area (Å²) in [5.41, 5.74) is 1.31. The van der Waals surface area contributed by atoms with Gasteiger partial charge in [0.05, 0.1) is 17.4 Å². The van der Waals surface area contributed by atoms with Gasteiger partial charge in [0.1, 0.15) is 5.60 Å². The van der Waals surface area contributed by atoms with Gasteiger partial charge in [-0.1, -0.05) is 0 Å². The lowest BCUT2D eigenvalue weighted by Crippen LogP contribution is -2.42. The maximum atomic E-state index is 13.5. The number of benzene rings is 1. The van der Waals surface area contributed by atoms with E-state index in [0.717, 1.165) is 17.7 Å². The molecule has 2 heterocycles. The Balaban J connectivity index is 1.92. The fourth-order valence-corrected chi connectivity index (χ4v) is 3.06. The lowest BCUT2D eigenvalue weighted by Gasteiger charge is -2.34. The van der Waals surface area contributed by atoms with Crippen molar-refractivity contribution in [3.05, 3.63) is 40.8 Å². The molecular formula is C18H20F3N3O2. The van der Waals surface area contributed by atoms with E-state index in [0.29, 0.717) is 24.4 Å². The van der Waals surface area contributed by atoms with Gasteiger partial charge in [-0.3, -0.25) is 10.00 Å². The number of aromatic amines is 1. The van der Waals surface area contributed by atoms with Crippen LogP contribution in [0.25, 0.3) is 11.3 Å². The SMILES string of the molecule is CC1c2[nH]nc(-c3cc(F)c(F)c(F)c3)c2CCN1C(=O)OC(C)(C)C. The van der Waals surface area contributed by atoms with Gasteiger partial charge in [-0.25, -0.2) is 18.0 Å². The first-order valence-electron chi connectivity index (χ1n) is 8.30. The number of amides is 1. The summed E-state index contributed by atoms with van der Waals surface area (Å²) >= 11 is 0. The van der Waals surface area contributed by atoms with Gasteiger partial charge in [0.25, 0.3) is 0 Å². The number of nitrogens with zero attached hydrogens (tertiary/aromatic N) is 2. The van der Waals surface area contributed by atoms with Crippen molar-refractivity contribution in [2.24, 2.45) is 0 Å². The Morgan fingerprint density at radius 2 is 1.88 bits per heavy atom. The largest absolute Gasteiger partial charge is 0.444 e. The molecule has 1 amide bonds. The maximum absolute atomic E-state index is 13.5. The number of hydrogen-bond donors (Lipinski definition) is 1. The van der Waals surface area contributed by atoms with Crippen LogP contribution in [-0.2, 0) is 11.2 Å². The van der Waals surface area contributed by atoms with Gasteiger partial charge in [0, 0.05) is 17.7 Å². The Hall–Kier alpha value is -2.51. The van der Waals surface area contributed by atoms with Gasteiger partial charge in [0.2, 0.25) is 0 Å². The van der Waals surface area contributed by atoms with E-state index in [4.69, 9.17) is 4.74 Å². The molecule has 26 heavy (non-hydrogen) atoms. The van der Waals surface area contributed by atoms with Gasteiger partial charge >= 0.3 is 6.09 Å². The zero-order valence-corrected chi connectivity index (χ0v) is 15.0. The smallest absolute Gasteiger partial charge is 0.410 e. The average molecular weight is 367 g/mol. The summed E-state index contributed by atoms with van der Waals surface area (Å²) in [5.74, 6) is -4.05. The molecular weight excluding hydrogens is 347 g/mol. The first kappa shape index (κ1) is 18.3. The molecule has 1 aliphatic heterocycles. The normalized spacial score (nSPS) is 17.2. The van der Waals surface area contributed by atoms with E-state index in [1.165, 1.54) is 0 Å². The molecule has 1 aromatic carbocycles. The monoisotopic (exact) mass is 367 g/mol. The highest BCUT2D eigenvalue weighted by Crippen LogP contribution is 2.35. The summed E-state index contributed by atoms with van der Waals surface area (Å²) in [6, 6.07) is 1.49. The quantitative estimate of drug-likeness (QED) is 0.763. The Bertz CT molecular complexity index is 835. The second-order valence-electron chi connectivity index (χ2n) is 7.32. The molecule has 0 radical (unpaired) electrons. The molecule has 1 aromatic heterocycles. The highest BCUT2D eigenvalue weighted by Gasteiger charge is 2.34. The Morgan fingerprint density at radius 3 is 2.46 bits per heavy atom. The fraction of sp³-hybridized carbons (Fsp3) is 0.444. The zero-order valence-electron chi connectivity index (χ0n) is 15.0. The number of H-pyrrole nitrogens is 1. The Morgan fingerprint density at radius 1 is 1.27 bits per heavy atom. The Kier molecular flexibility index (Phi) is 4.46. The van der Waals surface area contributed by atoms with Crippen LogP contribution < -0.4 is 0 Å². The average Bonchev–Trinajstić information content (AvgIpc) is 2.95. The van der Waals surface area contributed by atoms with E-state index in [1.54, 1.807) is 25.7 Å². The van der Waals surface area contributed by atoms with Crippen molar-refractivity contribution in [1.82, 2.24) is 15.1 Å². The molecule has 0 fully saturated rings. The summed E-state index contributed by atoms with van der Waals surface area (Å²) in [4.78, 5) is 13.9. The van der Waals surface area contributed by atoms with Crippen molar-refractivity contribution < 1.29 is 22.7 Å². The van der Waals surface area contributed by atoms with Crippen LogP contribution in [-0.4, -0.2) is 33.3 Å². The van der Waals surface area contributed by atoms with E-state index >= 15 is 0 Å². The van der Waals surface area contributed by atoms with Crippen molar-refractivity contribution >= 4 is 6.09 Å². The molecule has 140 valence electrons. The number of fused-ring (bicyclic) bond motifs is 1. The second-order valence-corrected chi connectivity index (χ2v) is 7.32. The van der Waals surface area contributed by atoms with E-state index in [1.807, 2.05) is 6.92 Å². The predicted octanol–water partition coefficient (Wildman–Crippen LogP) is 4.35. The second kappa shape index (κ2) is 6.34. The molecule has 1 unspecified atom stereocenters. The third kappa shape index (κ3) is 3.27. The number of nitrogens with one attached hydrogen (secondary N) is 1. The molecule has 3 rings (SSSR count). The van der Waals surface area contributed by atoms with Crippen LogP contribution >= 0.6 is 0 Å². The van der Waals surface area contributed by atoms with Crippen molar-refractivity contribution in [2.75, 3.05) is 6.54 Å². The van der Waals surface area contributed by atoms with E-state index in [2.05, 4.69) is 10.2 Å². The van der Waals surface area contributed by atoms with Crippen LogP contribution in [0.4, 0.5) is 18.0 Å². The number of ether oxygens (including phenoxy) is 1. The summed E-state index contributed by atoms with van der Waals surface area (Å²) in [5, 5.41) is 6.98. The van der Waals surface area contributed by atoms with Crippen molar-refractivity contribution in [3.8, 4) is 11.3 Å². The van der Waals surface area contributed by atoms with E-state index in [-0.39, 0.29) is 11.6 Å². The standard InChI is InChI=1S/C18H20F3N3O2/c1-9-15-11(5-6-24(9)17(25)26-18(2,3)4)16(23-22-15)10-7-12(19)14(21)13(20)8-10/h7-9H,5-6H2,1-4H3,(H,22,23). The first-order valence-corrected chi connectivity index (χ1v) is 8.30. The lowest BCUT2D eigenvalue weighted by molar-refractivity contribution is 0.0156. The molecule has 0 saturated carbocycles. The minimum Gasteiger partial charge on any atom is -0.444 e. The third-order valence-electron chi connectivity index (χ3n) is 4.27. The maximum Gasteiger partial charge on any atom is 0.410 e. The van der Waals surface area contributed by atoms with Crippen LogP contribution in [0.5, 0.6) is 0 Å². The van der Waals surface area contributed by atoms with E-state index in [9.17, 15) is 18.0 Å². The minimum atomic E-state index is -1.51. The van der Waals surface area contributed by atoms with Crippen LogP contribution in [0.2, 0.25) is 0 Å². The molecule has 0 saturated heterocycles. The van der Waals surface area contributed by atoms with Gasteiger partial charge in [-0.05, 0) is 46.2 Å². The van der Waals surface area contributed by atoms with Gasteiger partial charge in [-0.15, -0.1) is 0 Å². The third-order valence-corrected chi connectivity index (χ3v) is 4.27. The Labute approximate surface area is 149 Å². The van der Waals surface area contributed by atoms with Crippen LogP contribution in [0, 0.1) is 17.5 Å². The van der Waals surface area contributed by atoms with Crippen molar-refractivity contribution in [3.63, 3.8) is 0 Å². The van der Waals surface area contributed by atoms with Crippen LogP contribution in [0.15, 0.2) is 12.1 Å². The zero-order chi connectivity index (χ0) is 19.2. The molecule has 8 heteroatoms. The number of hydrogen-bond acceptors (Lipinski definition) is 3. The lowest BCUT2D eigenvalue weighted by atomic mass is 9.96. The van der Waals surface area contributed by atoms with Gasteiger partial charge < -0.3 is 4.74 Å². The highest BCUT2D eigenvalue weighted by atomic mass is 19.2. The van der Waals surface area contributed by atoms with Crippen LogP contribution in [0.3, 0.4) is 0 Å². The molecule has 0 bridgehead atoms. The molecule has 0 aliphatic carbocycles. The topological polar surface area (TPSA) is 58.2 Å². The van der Waals surface area contributed by atoms with Gasteiger partial charge in [0.15, 0.2) is 17.5 Å². The summed E-state index contributed by atoms with van der Waals surface area (Å²) in [6.07, 6.45) is -0.00332. The van der Waals surface area contributed by atoms with Gasteiger partial charge in [-0.2, -0.15) is 5.10 Å². The number of aromatic nitrogens is 2. The molecule has 1 aliphatic rings. The summed E-state index contributed by atoms with van der Waals surface area (Å²) in [7, 11) is 0.